The quantitative estimate of drug-likeness (QED) is 0.889. The Morgan fingerprint density at radius 3 is 2.61 bits per heavy atom. The van der Waals surface area contributed by atoms with E-state index in [1.165, 1.54) is 18.6 Å². The molecule has 1 aromatic rings. The standard InChI is InChI=1S/C16H26N2O4S/c1-5-12(19)13-14(23-17-15(13)22-10(2)3)11-6-8-18(9-7-11)16(20)21-4/h10-12,19H,5-9H2,1-4H3. The van der Waals surface area contributed by atoms with Gasteiger partial charge in [-0.2, -0.15) is 4.37 Å². The minimum absolute atomic E-state index is 0.0222. The number of amides is 1. The van der Waals surface area contributed by atoms with E-state index < -0.39 is 6.10 Å². The summed E-state index contributed by atoms with van der Waals surface area (Å²) in [5, 5.41) is 10.4. The van der Waals surface area contributed by atoms with Crippen molar-refractivity contribution in [1.82, 2.24) is 9.27 Å². The van der Waals surface area contributed by atoms with E-state index >= 15 is 0 Å². The summed E-state index contributed by atoms with van der Waals surface area (Å²) in [6.45, 7) is 7.19. The molecule has 0 spiro atoms. The lowest BCUT2D eigenvalue weighted by atomic mass is 9.91. The zero-order chi connectivity index (χ0) is 17.0. The van der Waals surface area contributed by atoms with Crippen LogP contribution in [0.1, 0.15) is 62.5 Å². The highest BCUT2D eigenvalue weighted by molar-refractivity contribution is 7.06. The Labute approximate surface area is 141 Å². The fourth-order valence-corrected chi connectivity index (χ4v) is 3.89. The monoisotopic (exact) mass is 342 g/mol. The fourth-order valence-electron chi connectivity index (χ4n) is 2.86. The van der Waals surface area contributed by atoms with Crippen LogP contribution in [0.3, 0.4) is 0 Å². The summed E-state index contributed by atoms with van der Waals surface area (Å²) in [4.78, 5) is 14.4. The summed E-state index contributed by atoms with van der Waals surface area (Å²) in [6, 6.07) is 0. The number of ether oxygens (including phenoxy) is 2. The largest absolute Gasteiger partial charge is 0.474 e. The summed E-state index contributed by atoms with van der Waals surface area (Å²) in [5.41, 5.74) is 0.836. The van der Waals surface area contributed by atoms with Crippen molar-refractivity contribution in [3.05, 3.63) is 10.4 Å². The first kappa shape index (κ1) is 18.0. The van der Waals surface area contributed by atoms with Gasteiger partial charge in [-0.05, 0) is 50.6 Å². The van der Waals surface area contributed by atoms with Gasteiger partial charge in [0.2, 0.25) is 5.88 Å². The third-order valence-corrected chi connectivity index (χ3v) is 5.10. The first-order chi connectivity index (χ1) is 11.0. The van der Waals surface area contributed by atoms with Crippen molar-refractivity contribution in [2.45, 2.75) is 58.2 Å². The molecule has 1 unspecified atom stereocenters. The topological polar surface area (TPSA) is 71.9 Å². The first-order valence-corrected chi connectivity index (χ1v) is 8.92. The van der Waals surface area contributed by atoms with Crippen molar-refractivity contribution in [3.8, 4) is 5.88 Å². The van der Waals surface area contributed by atoms with Gasteiger partial charge in [0.25, 0.3) is 0 Å². The summed E-state index contributed by atoms with van der Waals surface area (Å²) >= 11 is 1.41. The highest BCUT2D eigenvalue weighted by Gasteiger charge is 2.31. The van der Waals surface area contributed by atoms with Gasteiger partial charge < -0.3 is 19.5 Å². The first-order valence-electron chi connectivity index (χ1n) is 8.14. The highest BCUT2D eigenvalue weighted by atomic mass is 32.1. The van der Waals surface area contributed by atoms with Gasteiger partial charge in [-0.1, -0.05) is 6.92 Å². The summed E-state index contributed by atoms with van der Waals surface area (Å²) < 4.78 is 15.0. The van der Waals surface area contributed by atoms with Crippen LogP contribution in [0, 0.1) is 0 Å². The Morgan fingerprint density at radius 1 is 1.43 bits per heavy atom. The van der Waals surface area contributed by atoms with E-state index in [2.05, 4.69) is 4.37 Å². The van der Waals surface area contributed by atoms with E-state index in [1.54, 1.807) is 4.90 Å². The molecule has 1 aliphatic heterocycles. The fraction of sp³-hybridized carbons (Fsp3) is 0.750. The van der Waals surface area contributed by atoms with Gasteiger partial charge in [-0.15, -0.1) is 0 Å². The number of carbonyl (C=O) groups is 1. The van der Waals surface area contributed by atoms with Gasteiger partial charge in [-0.3, -0.25) is 0 Å². The maximum absolute atomic E-state index is 11.6. The van der Waals surface area contributed by atoms with Crippen molar-refractivity contribution in [1.29, 1.82) is 0 Å². The molecule has 0 aromatic carbocycles. The minimum atomic E-state index is -0.559. The number of aliphatic hydroxyl groups is 1. The number of hydrogen-bond acceptors (Lipinski definition) is 6. The molecular weight excluding hydrogens is 316 g/mol. The van der Waals surface area contributed by atoms with E-state index in [1.807, 2.05) is 20.8 Å². The molecule has 23 heavy (non-hydrogen) atoms. The molecule has 130 valence electrons. The van der Waals surface area contributed by atoms with Crippen LogP contribution in [0.25, 0.3) is 0 Å². The van der Waals surface area contributed by atoms with Gasteiger partial charge in [0.05, 0.1) is 24.9 Å². The highest BCUT2D eigenvalue weighted by Crippen LogP contribution is 2.41. The maximum Gasteiger partial charge on any atom is 0.409 e. The molecule has 0 saturated carbocycles. The Hall–Kier alpha value is -1.34. The number of piperidine rings is 1. The van der Waals surface area contributed by atoms with Gasteiger partial charge >= 0.3 is 6.09 Å². The second-order valence-corrected chi connectivity index (χ2v) is 6.89. The lowest BCUT2D eigenvalue weighted by Crippen LogP contribution is -2.37. The number of carbonyl (C=O) groups excluding carboxylic acids is 1. The summed E-state index contributed by atoms with van der Waals surface area (Å²) in [7, 11) is 1.41. The second-order valence-electron chi connectivity index (χ2n) is 6.09. The number of aromatic nitrogens is 1. The smallest absolute Gasteiger partial charge is 0.409 e. The number of nitrogens with zero attached hydrogens (tertiary/aromatic N) is 2. The van der Waals surface area contributed by atoms with Gasteiger partial charge in [-0.25, -0.2) is 4.79 Å². The van der Waals surface area contributed by atoms with E-state index in [0.717, 1.165) is 23.3 Å². The molecule has 0 radical (unpaired) electrons. The molecule has 1 aromatic heterocycles. The predicted octanol–water partition coefficient (Wildman–Crippen LogP) is 3.32. The van der Waals surface area contributed by atoms with E-state index in [-0.39, 0.29) is 12.2 Å². The predicted molar refractivity (Wildman–Crippen MR) is 89.1 cm³/mol. The van der Waals surface area contributed by atoms with Gasteiger partial charge in [0.1, 0.15) is 0 Å². The van der Waals surface area contributed by atoms with Crippen LogP contribution >= 0.6 is 11.5 Å². The zero-order valence-corrected chi connectivity index (χ0v) is 15.1. The van der Waals surface area contributed by atoms with Crippen LogP contribution in [0.2, 0.25) is 0 Å². The van der Waals surface area contributed by atoms with E-state index in [9.17, 15) is 9.90 Å². The molecule has 1 amide bonds. The maximum atomic E-state index is 11.6. The number of aliphatic hydroxyl groups excluding tert-OH is 1. The Kier molecular flexibility index (Phi) is 6.24. The average molecular weight is 342 g/mol. The molecule has 7 heteroatoms. The molecule has 0 bridgehead atoms. The summed E-state index contributed by atoms with van der Waals surface area (Å²) in [5.74, 6) is 0.860. The summed E-state index contributed by atoms with van der Waals surface area (Å²) in [6.07, 6.45) is 1.51. The third-order valence-electron chi connectivity index (χ3n) is 4.09. The van der Waals surface area contributed by atoms with Crippen molar-refractivity contribution in [3.63, 3.8) is 0 Å². The molecule has 2 heterocycles. The Balaban J connectivity index is 2.16. The van der Waals surface area contributed by atoms with Crippen molar-refractivity contribution in [2.24, 2.45) is 0 Å². The Morgan fingerprint density at radius 2 is 2.09 bits per heavy atom. The normalized spacial score (nSPS) is 17.4. The molecule has 6 nitrogen and oxygen atoms in total. The van der Waals surface area contributed by atoms with E-state index in [4.69, 9.17) is 9.47 Å². The van der Waals surface area contributed by atoms with Crippen LogP contribution in [-0.4, -0.2) is 46.8 Å². The van der Waals surface area contributed by atoms with Crippen LogP contribution in [0.5, 0.6) is 5.88 Å². The molecule has 2 rings (SSSR count). The second kappa shape index (κ2) is 7.97. The third kappa shape index (κ3) is 4.14. The number of hydrogen-bond donors (Lipinski definition) is 1. The Bertz CT molecular complexity index is 524. The molecular formula is C16H26N2O4S. The van der Waals surface area contributed by atoms with E-state index in [0.29, 0.717) is 31.3 Å². The molecule has 1 N–H and O–H groups in total. The van der Waals surface area contributed by atoms with Crippen molar-refractivity contribution >= 4 is 17.6 Å². The molecule has 1 fully saturated rings. The molecule has 1 atom stereocenters. The lowest BCUT2D eigenvalue weighted by molar-refractivity contribution is 0.111. The SMILES string of the molecule is CCC(O)c1c(OC(C)C)nsc1C1CCN(C(=O)OC)CC1. The lowest BCUT2D eigenvalue weighted by Gasteiger charge is -2.31. The number of likely N-dealkylation sites (tertiary alicyclic amines) is 1. The van der Waals surface area contributed by atoms with Crippen molar-refractivity contribution < 1.29 is 19.4 Å². The van der Waals surface area contributed by atoms with Crippen LogP contribution < -0.4 is 4.74 Å². The molecule has 1 aliphatic rings. The zero-order valence-electron chi connectivity index (χ0n) is 14.2. The van der Waals surface area contributed by atoms with Gasteiger partial charge in [0.15, 0.2) is 0 Å². The number of methoxy groups -OCH3 is 1. The number of rotatable bonds is 5. The average Bonchev–Trinajstić information content (AvgIpc) is 2.96. The molecule has 1 saturated heterocycles. The van der Waals surface area contributed by atoms with Crippen LogP contribution in [0.4, 0.5) is 4.79 Å². The minimum Gasteiger partial charge on any atom is -0.474 e. The van der Waals surface area contributed by atoms with Crippen molar-refractivity contribution in [2.75, 3.05) is 20.2 Å². The van der Waals surface area contributed by atoms with Gasteiger partial charge in [0, 0.05) is 18.0 Å². The molecule has 0 aliphatic carbocycles. The van der Waals surface area contributed by atoms with Crippen LogP contribution in [-0.2, 0) is 4.74 Å². The van der Waals surface area contributed by atoms with Crippen LogP contribution in [0.15, 0.2) is 0 Å².